The van der Waals surface area contributed by atoms with Crippen molar-refractivity contribution >= 4 is 11.7 Å². The van der Waals surface area contributed by atoms with Gasteiger partial charge in [0.25, 0.3) is 0 Å². The fraction of sp³-hybridized carbons (Fsp3) is 0.462. The van der Waals surface area contributed by atoms with E-state index in [0.29, 0.717) is 12.3 Å². The minimum Gasteiger partial charge on any atom is -0.480 e. The minimum absolute atomic E-state index is 0.384. The molecule has 0 aliphatic heterocycles. The first kappa shape index (κ1) is 12.6. The third-order valence-electron chi connectivity index (χ3n) is 2.62. The predicted octanol–water partition coefficient (Wildman–Crippen LogP) is 3.09. The standard InChI is InChI=1S/C13H19NO2/c1-4-11(13(15)16)14-12-8-6-5-7-10(12)9(2)3/h5-9,11,14H,4H2,1-3H3,(H,15,16). The monoisotopic (exact) mass is 221 g/mol. The maximum atomic E-state index is 11.0. The van der Waals surface area contributed by atoms with Gasteiger partial charge in [0.1, 0.15) is 6.04 Å². The van der Waals surface area contributed by atoms with Crippen molar-refractivity contribution in [3.8, 4) is 0 Å². The van der Waals surface area contributed by atoms with Crippen LogP contribution in [-0.4, -0.2) is 17.1 Å². The van der Waals surface area contributed by atoms with Gasteiger partial charge >= 0.3 is 5.97 Å². The summed E-state index contributed by atoms with van der Waals surface area (Å²) in [5.74, 6) is -0.420. The zero-order valence-corrected chi connectivity index (χ0v) is 10.0. The van der Waals surface area contributed by atoms with E-state index in [2.05, 4.69) is 19.2 Å². The Labute approximate surface area is 96.5 Å². The molecular weight excluding hydrogens is 202 g/mol. The maximum absolute atomic E-state index is 11.0. The molecule has 0 radical (unpaired) electrons. The Balaban J connectivity index is 2.91. The number of para-hydroxylation sites is 1. The smallest absolute Gasteiger partial charge is 0.326 e. The van der Waals surface area contributed by atoms with Crippen molar-refractivity contribution in [1.29, 1.82) is 0 Å². The molecule has 3 heteroatoms. The van der Waals surface area contributed by atoms with Crippen LogP contribution in [0, 0.1) is 0 Å². The molecule has 1 rings (SSSR count). The molecule has 0 saturated carbocycles. The summed E-state index contributed by atoms with van der Waals surface area (Å²) < 4.78 is 0. The summed E-state index contributed by atoms with van der Waals surface area (Å²) in [5, 5.41) is 12.1. The van der Waals surface area contributed by atoms with Gasteiger partial charge in [0.05, 0.1) is 0 Å². The number of carbonyl (C=O) groups is 1. The van der Waals surface area contributed by atoms with Gasteiger partial charge in [-0.1, -0.05) is 39.0 Å². The van der Waals surface area contributed by atoms with Crippen LogP contribution in [0.25, 0.3) is 0 Å². The average molecular weight is 221 g/mol. The molecule has 0 saturated heterocycles. The summed E-state index contributed by atoms with van der Waals surface area (Å²) in [4.78, 5) is 11.0. The number of rotatable bonds is 5. The summed E-state index contributed by atoms with van der Waals surface area (Å²) >= 11 is 0. The fourth-order valence-electron chi connectivity index (χ4n) is 1.66. The van der Waals surface area contributed by atoms with Gasteiger partial charge in [-0.25, -0.2) is 4.79 Å². The molecule has 0 aromatic heterocycles. The van der Waals surface area contributed by atoms with Crippen molar-refractivity contribution in [3.05, 3.63) is 29.8 Å². The van der Waals surface area contributed by atoms with E-state index in [1.165, 1.54) is 0 Å². The molecule has 16 heavy (non-hydrogen) atoms. The molecule has 3 nitrogen and oxygen atoms in total. The molecule has 0 heterocycles. The lowest BCUT2D eigenvalue weighted by atomic mass is 10.0. The van der Waals surface area contributed by atoms with Crippen LogP contribution in [0.4, 0.5) is 5.69 Å². The van der Waals surface area contributed by atoms with E-state index in [4.69, 9.17) is 5.11 Å². The number of hydrogen-bond acceptors (Lipinski definition) is 2. The lowest BCUT2D eigenvalue weighted by Crippen LogP contribution is -2.28. The van der Waals surface area contributed by atoms with Crippen LogP contribution in [0.15, 0.2) is 24.3 Å². The van der Waals surface area contributed by atoms with Gasteiger partial charge < -0.3 is 10.4 Å². The second-order valence-electron chi connectivity index (χ2n) is 4.19. The summed E-state index contributed by atoms with van der Waals surface area (Å²) in [6.45, 7) is 6.06. The van der Waals surface area contributed by atoms with Crippen molar-refractivity contribution in [1.82, 2.24) is 0 Å². The SMILES string of the molecule is CCC(Nc1ccccc1C(C)C)C(=O)O. The minimum atomic E-state index is -0.805. The van der Waals surface area contributed by atoms with Crippen molar-refractivity contribution in [2.24, 2.45) is 0 Å². The van der Waals surface area contributed by atoms with Crippen LogP contribution < -0.4 is 5.32 Å². The molecule has 0 bridgehead atoms. The third-order valence-corrected chi connectivity index (χ3v) is 2.62. The van der Waals surface area contributed by atoms with E-state index in [-0.39, 0.29) is 0 Å². The molecule has 0 fully saturated rings. The highest BCUT2D eigenvalue weighted by atomic mass is 16.4. The molecule has 1 atom stereocenters. The van der Waals surface area contributed by atoms with Crippen LogP contribution in [0.1, 0.15) is 38.7 Å². The second kappa shape index (κ2) is 5.54. The van der Waals surface area contributed by atoms with Crippen molar-refractivity contribution in [3.63, 3.8) is 0 Å². The highest BCUT2D eigenvalue weighted by Crippen LogP contribution is 2.24. The number of nitrogens with one attached hydrogen (secondary N) is 1. The number of carboxylic acid groups (broad SMARTS) is 1. The van der Waals surface area contributed by atoms with Gasteiger partial charge in [-0.2, -0.15) is 0 Å². The molecule has 88 valence electrons. The summed E-state index contributed by atoms with van der Waals surface area (Å²) in [6, 6.07) is 7.34. The largest absolute Gasteiger partial charge is 0.480 e. The zero-order chi connectivity index (χ0) is 12.1. The predicted molar refractivity (Wildman–Crippen MR) is 65.9 cm³/mol. The highest BCUT2D eigenvalue weighted by molar-refractivity contribution is 5.77. The van der Waals surface area contributed by atoms with Crippen molar-refractivity contribution in [2.75, 3.05) is 5.32 Å². The molecule has 0 aliphatic rings. The topological polar surface area (TPSA) is 49.3 Å². The van der Waals surface area contributed by atoms with Crippen LogP contribution in [0.2, 0.25) is 0 Å². The molecule has 1 aromatic rings. The van der Waals surface area contributed by atoms with E-state index in [1.807, 2.05) is 31.2 Å². The van der Waals surface area contributed by atoms with Crippen LogP contribution >= 0.6 is 0 Å². The van der Waals surface area contributed by atoms with Gasteiger partial charge in [0.15, 0.2) is 0 Å². The number of aliphatic carboxylic acids is 1. The molecule has 0 aliphatic carbocycles. The molecule has 0 amide bonds. The Bertz CT molecular complexity index is 361. The first-order valence-electron chi connectivity index (χ1n) is 5.64. The lowest BCUT2D eigenvalue weighted by molar-refractivity contribution is -0.137. The van der Waals surface area contributed by atoms with E-state index in [0.717, 1.165) is 11.3 Å². The Morgan fingerprint density at radius 1 is 1.38 bits per heavy atom. The van der Waals surface area contributed by atoms with Gasteiger partial charge in [-0.3, -0.25) is 0 Å². The van der Waals surface area contributed by atoms with Crippen molar-refractivity contribution < 1.29 is 9.90 Å². The molecular formula is C13H19NO2. The normalized spacial score (nSPS) is 12.5. The summed E-state index contributed by atoms with van der Waals surface area (Å²) in [7, 11) is 0. The van der Waals surface area contributed by atoms with Gasteiger partial charge in [-0.15, -0.1) is 0 Å². The number of carboxylic acids is 1. The van der Waals surface area contributed by atoms with Gasteiger partial charge in [0, 0.05) is 5.69 Å². The summed E-state index contributed by atoms with van der Waals surface area (Å²) in [5.41, 5.74) is 2.08. The molecule has 2 N–H and O–H groups in total. The van der Waals surface area contributed by atoms with E-state index >= 15 is 0 Å². The fourth-order valence-corrected chi connectivity index (χ4v) is 1.66. The summed E-state index contributed by atoms with van der Waals surface area (Å²) in [6.07, 6.45) is 0.571. The van der Waals surface area contributed by atoms with Gasteiger partial charge in [0.2, 0.25) is 0 Å². The second-order valence-corrected chi connectivity index (χ2v) is 4.19. The van der Waals surface area contributed by atoms with Crippen LogP contribution in [0.5, 0.6) is 0 Å². The first-order chi connectivity index (χ1) is 7.56. The van der Waals surface area contributed by atoms with E-state index in [9.17, 15) is 4.79 Å². The van der Waals surface area contributed by atoms with Crippen LogP contribution in [-0.2, 0) is 4.79 Å². The highest BCUT2D eigenvalue weighted by Gasteiger charge is 2.16. The third kappa shape index (κ3) is 2.99. The maximum Gasteiger partial charge on any atom is 0.326 e. The number of anilines is 1. The Morgan fingerprint density at radius 2 is 2.00 bits per heavy atom. The first-order valence-corrected chi connectivity index (χ1v) is 5.64. The Hall–Kier alpha value is -1.51. The number of benzene rings is 1. The van der Waals surface area contributed by atoms with Crippen LogP contribution in [0.3, 0.4) is 0 Å². The van der Waals surface area contributed by atoms with Crippen molar-refractivity contribution in [2.45, 2.75) is 39.2 Å². The van der Waals surface area contributed by atoms with E-state index in [1.54, 1.807) is 0 Å². The van der Waals surface area contributed by atoms with E-state index < -0.39 is 12.0 Å². The average Bonchev–Trinajstić information content (AvgIpc) is 2.25. The Morgan fingerprint density at radius 3 is 2.50 bits per heavy atom. The molecule has 1 aromatic carbocycles. The number of hydrogen-bond donors (Lipinski definition) is 2. The zero-order valence-electron chi connectivity index (χ0n) is 10.0. The lowest BCUT2D eigenvalue weighted by Gasteiger charge is -2.18. The quantitative estimate of drug-likeness (QED) is 0.803. The molecule has 0 spiro atoms. The Kier molecular flexibility index (Phi) is 4.35. The van der Waals surface area contributed by atoms with Gasteiger partial charge in [-0.05, 0) is 24.0 Å². The molecule has 1 unspecified atom stereocenters.